The lowest BCUT2D eigenvalue weighted by molar-refractivity contribution is -0.117. The molecule has 0 heterocycles. The third kappa shape index (κ3) is 2.79. The molecule has 1 fully saturated rings. The maximum Gasteiger partial charge on any atom is 0.169 e. The van der Waals surface area contributed by atoms with E-state index in [0.717, 1.165) is 47.9 Å². The SMILES string of the molecule is CCc1ccc(-c2ccc(Cl)cc2)cc1C1=C(O)C2CC[C@H](C2)C1=O. The predicted molar refractivity (Wildman–Crippen MR) is 102 cm³/mol. The number of hydrogen-bond acceptors (Lipinski definition) is 2. The number of rotatable bonds is 3. The van der Waals surface area contributed by atoms with Crippen LogP contribution in [-0.4, -0.2) is 10.9 Å². The van der Waals surface area contributed by atoms with Gasteiger partial charge in [-0.1, -0.05) is 42.8 Å². The number of Topliss-reactive ketones (excluding diaryl/α,β-unsaturated/α-hetero) is 1. The second-order valence-electron chi connectivity index (χ2n) is 7.06. The summed E-state index contributed by atoms with van der Waals surface area (Å²) in [5.41, 5.74) is 4.66. The summed E-state index contributed by atoms with van der Waals surface area (Å²) in [4.78, 5) is 12.9. The van der Waals surface area contributed by atoms with E-state index in [2.05, 4.69) is 25.1 Å². The van der Waals surface area contributed by atoms with Crippen molar-refractivity contribution in [1.82, 2.24) is 0 Å². The average Bonchev–Trinajstić information content (AvgIpc) is 3.08. The first-order valence-corrected chi connectivity index (χ1v) is 9.33. The number of allylic oxidation sites excluding steroid dienone is 2. The van der Waals surface area contributed by atoms with E-state index in [1.54, 1.807) is 0 Å². The molecule has 0 aromatic heterocycles. The maximum absolute atomic E-state index is 12.9. The molecule has 2 aromatic carbocycles. The molecule has 128 valence electrons. The van der Waals surface area contributed by atoms with Crippen molar-refractivity contribution >= 4 is 23.0 Å². The molecule has 1 saturated carbocycles. The molecule has 25 heavy (non-hydrogen) atoms. The van der Waals surface area contributed by atoms with Crippen LogP contribution >= 0.6 is 11.6 Å². The van der Waals surface area contributed by atoms with Crippen molar-refractivity contribution in [2.75, 3.05) is 0 Å². The number of hydrogen-bond donors (Lipinski definition) is 1. The highest BCUT2D eigenvalue weighted by Crippen LogP contribution is 2.46. The van der Waals surface area contributed by atoms with E-state index in [-0.39, 0.29) is 17.6 Å². The molecule has 1 unspecified atom stereocenters. The fourth-order valence-electron chi connectivity index (χ4n) is 4.21. The van der Waals surface area contributed by atoms with Crippen molar-refractivity contribution in [3.05, 3.63) is 64.4 Å². The summed E-state index contributed by atoms with van der Waals surface area (Å²) in [6.45, 7) is 2.08. The predicted octanol–water partition coefficient (Wildman–Crippen LogP) is 5.84. The van der Waals surface area contributed by atoms with Gasteiger partial charge in [0.1, 0.15) is 5.76 Å². The highest BCUT2D eigenvalue weighted by molar-refractivity contribution is 6.30. The average molecular weight is 353 g/mol. The zero-order valence-electron chi connectivity index (χ0n) is 14.3. The van der Waals surface area contributed by atoms with Crippen molar-refractivity contribution in [3.8, 4) is 11.1 Å². The van der Waals surface area contributed by atoms with Gasteiger partial charge in [0, 0.05) is 16.9 Å². The van der Waals surface area contributed by atoms with Gasteiger partial charge in [-0.3, -0.25) is 4.79 Å². The van der Waals surface area contributed by atoms with Gasteiger partial charge in [0.05, 0.1) is 5.57 Å². The first-order valence-electron chi connectivity index (χ1n) is 8.95. The number of fused-ring (bicyclic) bond motifs is 2. The Labute approximate surface area is 153 Å². The summed E-state index contributed by atoms with van der Waals surface area (Å²) >= 11 is 5.99. The first-order chi connectivity index (χ1) is 12.1. The highest BCUT2D eigenvalue weighted by Gasteiger charge is 2.41. The summed E-state index contributed by atoms with van der Waals surface area (Å²) in [5.74, 6) is 0.664. The zero-order chi connectivity index (χ0) is 17.6. The number of aliphatic hydroxyl groups is 1. The molecular formula is C22H21ClO2. The molecule has 0 radical (unpaired) electrons. The monoisotopic (exact) mass is 352 g/mol. The van der Waals surface area contributed by atoms with Gasteiger partial charge in [-0.25, -0.2) is 0 Å². The zero-order valence-corrected chi connectivity index (χ0v) is 15.0. The topological polar surface area (TPSA) is 37.3 Å². The standard InChI is InChI=1S/C22H21ClO2/c1-2-13-3-4-15(14-7-9-18(23)10-8-14)12-19(13)20-21(24)16-5-6-17(11-16)22(20)25/h3-4,7-10,12,16-17,24H,2,5-6,11H2,1H3/t16?,17-/m1/s1. The van der Waals surface area contributed by atoms with Crippen LogP contribution in [0.2, 0.25) is 5.02 Å². The van der Waals surface area contributed by atoms with Gasteiger partial charge in [-0.15, -0.1) is 0 Å². The van der Waals surface area contributed by atoms with E-state index < -0.39 is 0 Å². The Balaban J connectivity index is 1.86. The third-order valence-electron chi connectivity index (χ3n) is 5.63. The van der Waals surface area contributed by atoms with Crippen LogP contribution in [0.3, 0.4) is 0 Å². The number of benzene rings is 2. The van der Waals surface area contributed by atoms with Crippen molar-refractivity contribution in [2.24, 2.45) is 11.8 Å². The van der Waals surface area contributed by atoms with Gasteiger partial charge in [0.25, 0.3) is 0 Å². The molecule has 1 N–H and O–H groups in total. The number of carbonyl (C=O) groups excluding carboxylic acids is 1. The minimum atomic E-state index is 0.0831. The quantitative estimate of drug-likeness (QED) is 0.753. The van der Waals surface area contributed by atoms with Crippen molar-refractivity contribution < 1.29 is 9.90 Å². The minimum absolute atomic E-state index is 0.0831. The highest BCUT2D eigenvalue weighted by atomic mass is 35.5. The lowest BCUT2D eigenvalue weighted by atomic mass is 9.81. The van der Waals surface area contributed by atoms with E-state index in [4.69, 9.17) is 11.6 Å². The molecule has 2 aliphatic rings. The Bertz CT molecular complexity index is 864. The number of aliphatic hydroxyl groups excluding tert-OH is 1. The van der Waals surface area contributed by atoms with Crippen LogP contribution in [-0.2, 0) is 11.2 Å². The second-order valence-corrected chi connectivity index (χ2v) is 7.50. The Kier molecular flexibility index (Phi) is 4.16. The number of carbonyl (C=O) groups is 1. The first kappa shape index (κ1) is 16.4. The molecule has 0 aliphatic heterocycles. The summed E-state index contributed by atoms with van der Waals surface area (Å²) < 4.78 is 0. The lowest BCUT2D eigenvalue weighted by Crippen LogP contribution is -2.22. The minimum Gasteiger partial charge on any atom is -0.511 e. The molecule has 2 bridgehead atoms. The number of aryl methyl sites for hydroxylation is 1. The molecule has 3 heteroatoms. The number of halogens is 1. The van der Waals surface area contributed by atoms with Gasteiger partial charge in [-0.2, -0.15) is 0 Å². The van der Waals surface area contributed by atoms with Crippen LogP contribution in [0.1, 0.15) is 37.3 Å². The van der Waals surface area contributed by atoms with Gasteiger partial charge in [0.2, 0.25) is 0 Å². The third-order valence-corrected chi connectivity index (χ3v) is 5.88. The van der Waals surface area contributed by atoms with Crippen molar-refractivity contribution in [3.63, 3.8) is 0 Å². The molecule has 2 nitrogen and oxygen atoms in total. The molecule has 2 atom stereocenters. The molecule has 2 aromatic rings. The summed E-state index contributed by atoms with van der Waals surface area (Å²) in [5, 5.41) is 11.4. The van der Waals surface area contributed by atoms with Crippen LogP contribution in [0, 0.1) is 11.8 Å². The van der Waals surface area contributed by atoms with Crippen molar-refractivity contribution in [1.29, 1.82) is 0 Å². The molecule has 4 rings (SSSR count). The molecule has 0 saturated heterocycles. The van der Waals surface area contributed by atoms with E-state index >= 15 is 0 Å². The van der Waals surface area contributed by atoms with Crippen LogP contribution in [0.4, 0.5) is 0 Å². The normalized spacial score (nSPS) is 22.6. The van der Waals surface area contributed by atoms with E-state index in [9.17, 15) is 9.90 Å². The van der Waals surface area contributed by atoms with Crippen LogP contribution in [0.15, 0.2) is 48.2 Å². The summed E-state index contributed by atoms with van der Waals surface area (Å²) in [6.07, 6.45) is 3.46. The van der Waals surface area contributed by atoms with Crippen LogP contribution in [0.5, 0.6) is 0 Å². The van der Waals surface area contributed by atoms with Crippen molar-refractivity contribution in [2.45, 2.75) is 32.6 Å². The fourth-order valence-corrected chi connectivity index (χ4v) is 4.34. The number of ketones is 1. The Morgan fingerprint density at radius 2 is 1.72 bits per heavy atom. The van der Waals surface area contributed by atoms with E-state index in [1.165, 1.54) is 0 Å². The van der Waals surface area contributed by atoms with Crippen LogP contribution < -0.4 is 0 Å². The van der Waals surface area contributed by atoms with Crippen LogP contribution in [0.25, 0.3) is 16.7 Å². The smallest absolute Gasteiger partial charge is 0.169 e. The van der Waals surface area contributed by atoms with E-state index in [0.29, 0.717) is 16.4 Å². The van der Waals surface area contributed by atoms with E-state index in [1.807, 2.05) is 24.3 Å². The molecular weight excluding hydrogens is 332 g/mol. The molecule has 2 aliphatic carbocycles. The maximum atomic E-state index is 12.9. The lowest BCUT2D eigenvalue weighted by Gasteiger charge is -2.23. The van der Waals surface area contributed by atoms with Gasteiger partial charge < -0.3 is 5.11 Å². The Morgan fingerprint density at radius 1 is 1.04 bits per heavy atom. The molecule has 0 spiro atoms. The van der Waals surface area contributed by atoms with Gasteiger partial charge in [0.15, 0.2) is 5.78 Å². The van der Waals surface area contributed by atoms with Gasteiger partial charge in [-0.05, 0) is 66.1 Å². The fraction of sp³-hybridized carbons (Fsp3) is 0.318. The Morgan fingerprint density at radius 3 is 2.44 bits per heavy atom. The Hall–Kier alpha value is -2.06. The largest absolute Gasteiger partial charge is 0.511 e. The van der Waals surface area contributed by atoms with Gasteiger partial charge >= 0.3 is 0 Å². The molecule has 0 amide bonds. The summed E-state index contributed by atoms with van der Waals surface area (Å²) in [7, 11) is 0. The second kappa shape index (κ2) is 6.34. The summed E-state index contributed by atoms with van der Waals surface area (Å²) in [6, 6.07) is 13.9.